The molecule has 2 aliphatic rings. The van der Waals surface area contributed by atoms with Gasteiger partial charge >= 0.3 is 0 Å². The average Bonchev–Trinajstić information content (AvgIpc) is 2.50. The van der Waals surface area contributed by atoms with E-state index in [9.17, 15) is 14.0 Å². The van der Waals surface area contributed by atoms with E-state index in [4.69, 9.17) is 0 Å². The van der Waals surface area contributed by atoms with Crippen LogP contribution in [-0.2, 0) is 9.59 Å². The first-order chi connectivity index (χ1) is 10.0. The molecule has 6 heteroatoms. The highest BCUT2D eigenvalue weighted by Gasteiger charge is 2.30. The van der Waals surface area contributed by atoms with Gasteiger partial charge in [-0.15, -0.1) is 0 Å². The van der Waals surface area contributed by atoms with Crippen molar-refractivity contribution >= 4 is 11.8 Å². The fourth-order valence-corrected chi connectivity index (χ4v) is 2.79. The number of piperidine rings is 1. The van der Waals surface area contributed by atoms with Crippen molar-refractivity contribution in [1.82, 2.24) is 14.7 Å². The van der Waals surface area contributed by atoms with E-state index in [2.05, 4.69) is 4.90 Å². The molecule has 0 spiro atoms. The summed E-state index contributed by atoms with van der Waals surface area (Å²) < 4.78 is 10.3. The fourth-order valence-electron chi connectivity index (χ4n) is 2.79. The summed E-state index contributed by atoms with van der Waals surface area (Å²) in [5, 5.41) is 0. The van der Waals surface area contributed by atoms with Crippen molar-refractivity contribution in [2.45, 2.75) is 39.2 Å². The Hall–Kier alpha value is -1.17. The van der Waals surface area contributed by atoms with Crippen molar-refractivity contribution in [3.63, 3.8) is 0 Å². The third kappa shape index (κ3) is 5.26. The van der Waals surface area contributed by atoms with Gasteiger partial charge in [0.05, 0.1) is 13.2 Å². The number of likely N-dealkylation sites (N-methyl/N-ethyl adjacent to an activating group) is 1. The van der Waals surface area contributed by atoms with Crippen molar-refractivity contribution in [3.05, 3.63) is 0 Å². The van der Waals surface area contributed by atoms with Crippen molar-refractivity contribution in [2.75, 3.05) is 46.4 Å². The number of likely N-dealkylation sites (tertiary alicyclic amines) is 1. The summed E-state index contributed by atoms with van der Waals surface area (Å²) in [6.07, 6.45) is 2.60. The second-order valence-corrected chi connectivity index (χ2v) is 5.52. The molecule has 2 aliphatic heterocycles. The summed E-state index contributed by atoms with van der Waals surface area (Å²) in [6, 6.07) is 0.476. The number of piperazine rings is 1. The van der Waals surface area contributed by atoms with Gasteiger partial charge in [0.25, 0.3) is 0 Å². The molecule has 21 heavy (non-hydrogen) atoms. The molecule has 0 bridgehead atoms. The highest BCUT2D eigenvalue weighted by molar-refractivity contribution is 5.78. The molecular formula is C15H28FN3O2. The van der Waals surface area contributed by atoms with Crippen molar-refractivity contribution in [1.29, 1.82) is 0 Å². The molecule has 0 aromatic carbocycles. The topological polar surface area (TPSA) is 43.9 Å². The van der Waals surface area contributed by atoms with Gasteiger partial charge in [-0.3, -0.25) is 18.9 Å². The van der Waals surface area contributed by atoms with E-state index in [1.54, 1.807) is 4.90 Å². The van der Waals surface area contributed by atoms with E-state index >= 15 is 0 Å². The zero-order chi connectivity index (χ0) is 15.8. The maximum absolute atomic E-state index is 11.7. The van der Waals surface area contributed by atoms with Crippen LogP contribution in [0.3, 0.4) is 0 Å². The van der Waals surface area contributed by atoms with E-state index in [0.29, 0.717) is 19.0 Å². The van der Waals surface area contributed by atoms with E-state index in [-0.39, 0.29) is 18.5 Å². The second kappa shape index (κ2) is 8.97. The molecule has 122 valence electrons. The molecule has 2 heterocycles. The predicted octanol–water partition coefficient (Wildman–Crippen LogP) is 1.14. The summed E-state index contributed by atoms with van der Waals surface area (Å²) in [4.78, 5) is 29.3. The summed E-state index contributed by atoms with van der Waals surface area (Å²) in [5.74, 6) is 0.469. The number of hydrogen-bond donors (Lipinski definition) is 0. The Morgan fingerprint density at radius 1 is 1.19 bits per heavy atom. The number of hydrogen-bond acceptors (Lipinski definition) is 3. The zero-order valence-electron chi connectivity index (χ0n) is 13.5. The van der Waals surface area contributed by atoms with Crippen molar-refractivity contribution in [2.24, 2.45) is 0 Å². The normalized spacial score (nSPS) is 21.0. The lowest BCUT2D eigenvalue weighted by Gasteiger charge is -2.41. The van der Waals surface area contributed by atoms with E-state index in [1.165, 1.54) is 6.92 Å². The Morgan fingerprint density at radius 2 is 1.76 bits per heavy atom. The number of amides is 2. The van der Waals surface area contributed by atoms with Gasteiger partial charge in [0.2, 0.25) is 11.8 Å². The minimum absolute atomic E-state index is 0.216. The first-order valence-electron chi connectivity index (χ1n) is 7.85. The predicted molar refractivity (Wildman–Crippen MR) is 80.8 cm³/mol. The molecule has 2 rings (SSSR count). The van der Waals surface area contributed by atoms with Crippen molar-refractivity contribution in [3.8, 4) is 0 Å². The van der Waals surface area contributed by atoms with E-state index in [0.717, 1.165) is 39.0 Å². The van der Waals surface area contributed by atoms with Crippen LogP contribution in [-0.4, -0.2) is 79.0 Å². The van der Waals surface area contributed by atoms with Gasteiger partial charge in [-0.25, -0.2) is 0 Å². The van der Waals surface area contributed by atoms with E-state index in [1.807, 2.05) is 18.9 Å². The molecule has 0 aliphatic carbocycles. The first kappa shape index (κ1) is 17.9. The third-order valence-corrected chi connectivity index (χ3v) is 4.12. The maximum Gasteiger partial charge on any atom is 0.236 e. The average molecular weight is 301 g/mol. The zero-order valence-corrected chi connectivity index (χ0v) is 13.5. The summed E-state index contributed by atoms with van der Waals surface area (Å²) >= 11 is 0. The van der Waals surface area contributed by atoms with Gasteiger partial charge < -0.3 is 9.80 Å². The number of alkyl halides is 1. The molecule has 0 unspecified atom stereocenters. The van der Waals surface area contributed by atoms with Crippen molar-refractivity contribution < 1.29 is 14.0 Å². The molecule has 2 amide bonds. The molecular weight excluding hydrogens is 273 g/mol. The summed E-state index contributed by atoms with van der Waals surface area (Å²) in [7, 11) is 1.86. The van der Waals surface area contributed by atoms with Crippen LogP contribution in [0.25, 0.3) is 0 Å². The lowest BCUT2D eigenvalue weighted by molar-refractivity contribution is -0.138. The monoisotopic (exact) mass is 301 g/mol. The maximum atomic E-state index is 11.7. The minimum atomic E-state index is -0.250. The summed E-state index contributed by atoms with van der Waals surface area (Å²) in [6.45, 7) is 7.15. The minimum Gasteiger partial charge on any atom is -0.343 e. The number of carbonyl (C=O) groups is 2. The Labute approximate surface area is 127 Å². The van der Waals surface area contributed by atoms with Crippen LogP contribution < -0.4 is 0 Å². The molecule has 0 saturated carbocycles. The third-order valence-electron chi connectivity index (χ3n) is 4.12. The van der Waals surface area contributed by atoms with Crippen LogP contribution in [0, 0.1) is 0 Å². The molecule has 2 fully saturated rings. The second-order valence-electron chi connectivity index (χ2n) is 5.52. The number of rotatable bonds is 2. The van der Waals surface area contributed by atoms with Crippen LogP contribution in [0.15, 0.2) is 0 Å². The quantitative estimate of drug-likeness (QED) is 0.768. The van der Waals surface area contributed by atoms with Gasteiger partial charge in [-0.2, -0.15) is 0 Å². The van der Waals surface area contributed by atoms with Gasteiger partial charge in [-0.1, -0.05) is 6.92 Å². The van der Waals surface area contributed by atoms with E-state index < -0.39 is 0 Å². The fraction of sp³-hybridized carbons (Fsp3) is 0.867. The molecule has 5 nitrogen and oxygen atoms in total. The summed E-state index contributed by atoms with van der Waals surface area (Å²) in [5.41, 5.74) is 0. The number of carbonyl (C=O) groups excluding carboxylic acids is 2. The Kier molecular flexibility index (Phi) is 7.64. The van der Waals surface area contributed by atoms with Crippen LogP contribution in [0.5, 0.6) is 0 Å². The number of halogens is 1. The highest BCUT2D eigenvalue weighted by atomic mass is 19.1. The standard InChI is InChI=1S/C13H23N3O2.C2H5F/c1-3-12(17)15-6-4-11(5-7-15)16-9-8-14(2)13(18)10-16;1-2-3/h11H,3-10H2,1-2H3;2H2,1H3. The molecule has 0 aromatic rings. The highest BCUT2D eigenvalue weighted by Crippen LogP contribution is 2.18. The van der Waals surface area contributed by atoms with Gasteiger partial charge in [0.15, 0.2) is 0 Å². The first-order valence-corrected chi connectivity index (χ1v) is 7.85. The van der Waals surface area contributed by atoms with Crippen LogP contribution >= 0.6 is 0 Å². The van der Waals surface area contributed by atoms with Crippen LogP contribution in [0.1, 0.15) is 33.1 Å². The molecule has 2 saturated heterocycles. The largest absolute Gasteiger partial charge is 0.343 e. The van der Waals surface area contributed by atoms with Gasteiger partial charge in [0, 0.05) is 45.7 Å². The smallest absolute Gasteiger partial charge is 0.236 e. The lowest BCUT2D eigenvalue weighted by Crippen LogP contribution is -2.55. The van der Waals surface area contributed by atoms with Gasteiger partial charge in [-0.05, 0) is 19.8 Å². The molecule has 0 radical (unpaired) electrons. The molecule has 0 aromatic heterocycles. The lowest BCUT2D eigenvalue weighted by atomic mass is 10.0. The Morgan fingerprint density at radius 3 is 2.24 bits per heavy atom. The molecule has 0 N–H and O–H groups in total. The molecule has 0 atom stereocenters. The van der Waals surface area contributed by atoms with Crippen LogP contribution in [0.4, 0.5) is 4.39 Å². The number of nitrogens with zero attached hydrogens (tertiary/aromatic N) is 3. The van der Waals surface area contributed by atoms with Crippen LogP contribution in [0.2, 0.25) is 0 Å². The SMILES string of the molecule is CCC(=O)N1CCC(N2CCN(C)C(=O)C2)CC1.CCF. The Balaban J connectivity index is 0.000000677. The Bertz CT molecular complexity index is 344. The van der Waals surface area contributed by atoms with Gasteiger partial charge in [0.1, 0.15) is 0 Å².